The summed E-state index contributed by atoms with van der Waals surface area (Å²) in [5, 5.41) is 0.899. The fourth-order valence-electron chi connectivity index (χ4n) is 5.03. The summed E-state index contributed by atoms with van der Waals surface area (Å²) >= 11 is 0. The number of carbonyl (C=O) groups is 1. The Labute approximate surface area is 183 Å². The lowest BCUT2D eigenvalue weighted by Gasteiger charge is -2.52. The van der Waals surface area contributed by atoms with Crippen molar-refractivity contribution < 1.29 is 13.9 Å². The number of carbonyl (C=O) groups excluding carboxylic acids is 1. The third-order valence-electron chi connectivity index (χ3n) is 7.04. The van der Waals surface area contributed by atoms with Crippen molar-refractivity contribution in [3.63, 3.8) is 0 Å². The number of amides is 1. The first-order chi connectivity index (χ1) is 14.8. The normalized spacial score (nSPS) is 20.8. The second kappa shape index (κ2) is 8.63. The van der Waals surface area contributed by atoms with Crippen molar-refractivity contribution in [1.29, 1.82) is 0 Å². The van der Waals surface area contributed by atoms with Crippen LogP contribution in [-0.2, 0) is 11.2 Å². The summed E-state index contributed by atoms with van der Waals surface area (Å²) < 4.78 is 11.3. The average Bonchev–Trinajstić information content (AvgIpc) is 2.75. The second-order valence-electron chi connectivity index (χ2n) is 9.07. The number of hydrogen-bond acceptors (Lipinski definition) is 6. The van der Waals surface area contributed by atoms with Crippen molar-refractivity contribution in [2.24, 2.45) is 0 Å². The Bertz CT molecular complexity index is 1010. The van der Waals surface area contributed by atoms with Gasteiger partial charge in [0.25, 0.3) is 5.91 Å². The van der Waals surface area contributed by atoms with Gasteiger partial charge in [-0.05, 0) is 58.0 Å². The number of ether oxygens (including phenoxy) is 1. The van der Waals surface area contributed by atoms with Gasteiger partial charge in [-0.2, -0.15) is 0 Å². The number of rotatable bonds is 4. The van der Waals surface area contributed by atoms with E-state index in [1.165, 1.54) is 6.07 Å². The van der Waals surface area contributed by atoms with Crippen LogP contribution in [0.2, 0.25) is 0 Å². The second-order valence-corrected chi connectivity index (χ2v) is 9.07. The minimum atomic E-state index is -0.598. The molecule has 2 aliphatic heterocycles. The number of fused-ring (bicyclic) bond motifs is 1. The monoisotopic (exact) mass is 427 g/mol. The van der Waals surface area contributed by atoms with Crippen LogP contribution in [0.1, 0.15) is 32.3 Å². The van der Waals surface area contributed by atoms with Gasteiger partial charge in [0.1, 0.15) is 11.3 Å². The molecule has 0 radical (unpaired) electrons. The molecule has 2 aromatic rings. The fourth-order valence-corrected chi connectivity index (χ4v) is 5.03. The van der Waals surface area contributed by atoms with Crippen LogP contribution in [0, 0.1) is 0 Å². The molecule has 7 nitrogen and oxygen atoms in total. The molecule has 1 aromatic carbocycles. The standard InChI is InChI=1S/C24H33N3O4/c1-5-18-14-22(28)31-21-15-19(6-7-20(18)21)30-17(2)23(29)27-10-8-24(9-11-27)16-25(3)12-13-26(24)4/h6-7,14-15,17H,5,8-13,16H2,1-4H3. The van der Waals surface area contributed by atoms with E-state index in [4.69, 9.17) is 9.15 Å². The topological polar surface area (TPSA) is 66.2 Å². The van der Waals surface area contributed by atoms with Crippen LogP contribution in [0.25, 0.3) is 11.0 Å². The number of nitrogens with zero attached hydrogens (tertiary/aromatic N) is 3. The Morgan fingerprint density at radius 3 is 2.61 bits per heavy atom. The van der Waals surface area contributed by atoms with Crippen LogP contribution < -0.4 is 10.4 Å². The van der Waals surface area contributed by atoms with E-state index in [2.05, 4.69) is 23.9 Å². The van der Waals surface area contributed by atoms with Crippen LogP contribution >= 0.6 is 0 Å². The van der Waals surface area contributed by atoms with Crippen molar-refractivity contribution in [1.82, 2.24) is 14.7 Å². The van der Waals surface area contributed by atoms with Gasteiger partial charge in [0.2, 0.25) is 0 Å². The first-order valence-electron chi connectivity index (χ1n) is 11.2. The van der Waals surface area contributed by atoms with Gasteiger partial charge in [-0.15, -0.1) is 0 Å². The molecule has 1 atom stereocenters. The molecular weight excluding hydrogens is 394 g/mol. The van der Waals surface area contributed by atoms with Crippen LogP contribution in [0.5, 0.6) is 5.75 Å². The Hall–Kier alpha value is -2.38. The zero-order valence-corrected chi connectivity index (χ0v) is 19.0. The molecule has 2 aliphatic rings. The number of aryl methyl sites for hydroxylation is 1. The Balaban J connectivity index is 1.42. The van der Waals surface area contributed by atoms with Gasteiger partial charge < -0.3 is 19.0 Å². The van der Waals surface area contributed by atoms with Crippen LogP contribution in [-0.4, -0.2) is 79.1 Å². The van der Waals surface area contributed by atoms with Gasteiger partial charge in [0.15, 0.2) is 6.10 Å². The minimum absolute atomic E-state index is 0.00512. The van der Waals surface area contributed by atoms with Crippen molar-refractivity contribution >= 4 is 16.9 Å². The highest BCUT2D eigenvalue weighted by Gasteiger charge is 2.42. The van der Waals surface area contributed by atoms with E-state index in [1.54, 1.807) is 13.0 Å². The number of likely N-dealkylation sites (tertiary alicyclic amines) is 1. The molecule has 0 N–H and O–H groups in total. The quantitative estimate of drug-likeness (QED) is 0.698. The third kappa shape index (κ3) is 4.34. The van der Waals surface area contributed by atoms with Gasteiger partial charge in [-0.3, -0.25) is 9.69 Å². The van der Waals surface area contributed by atoms with Crippen LogP contribution in [0.3, 0.4) is 0 Å². The molecule has 31 heavy (non-hydrogen) atoms. The van der Waals surface area contributed by atoms with E-state index in [0.29, 0.717) is 11.3 Å². The van der Waals surface area contributed by atoms with Crippen molar-refractivity contribution in [2.75, 3.05) is 46.8 Å². The summed E-state index contributed by atoms with van der Waals surface area (Å²) in [5.41, 5.74) is 1.24. The van der Waals surface area contributed by atoms with Gasteiger partial charge in [0, 0.05) is 55.8 Å². The highest BCUT2D eigenvalue weighted by atomic mass is 16.5. The molecule has 1 amide bonds. The number of piperazine rings is 1. The van der Waals surface area contributed by atoms with Crippen molar-refractivity contribution in [2.45, 2.75) is 44.8 Å². The molecule has 7 heteroatoms. The zero-order chi connectivity index (χ0) is 22.2. The van der Waals surface area contributed by atoms with Gasteiger partial charge in [0.05, 0.1) is 0 Å². The lowest BCUT2D eigenvalue weighted by Crippen LogP contribution is -2.64. The first-order valence-corrected chi connectivity index (χ1v) is 11.2. The summed E-state index contributed by atoms with van der Waals surface area (Å²) in [7, 11) is 4.38. The summed E-state index contributed by atoms with van der Waals surface area (Å²) in [5.74, 6) is 0.539. The molecule has 4 rings (SSSR count). The molecule has 2 saturated heterocycles. The Kier molecular flexibility index (Phi) is 6.08. The highest BCUT2D eigenvalue weighted by molar-refractivity contribution is 5.83. The number of likely N-dealkylation sites (N-methyl/N-ethyl adjacent to an activating group) is 2. The molecule has 3 heterocycles. The molecule has 2 fully saturated rings. The highest BCUT2D eigenvalue weighted by Crippen LogP contribution is 2.31. The minimum Gasteiger partial charge on any atom is -0.481 e. The SMILES string of the molecule is CCc1cc(=O)oc2cc(OC(C)C(=O)N3CCC4(CC3)CN(C)CCN4C)ccc12. The maximum absolute atomic E-state index is 13.0. The summed E-state index contributed by atoms with van der Waals surface area (Å²) in [6, 6.07) is 6.96. The van der Waals surface area contributed by atoms with Crippen molar-refractivity contribution in [3.8, 4) is 5.75 Å². The van der Waals surface area contributed by atoms with Gasteiger partial charge in [-0.1, -0.05) is 6.92 Å². The summed E-state index contributed by atoms with van der Waals surface area (Å²) in [4.78, 5) is 31.6. The molecule has 168 valence electrons. The molecule has 0 saturated carbocycles. The fraction of sp³-hybridized carbons (Fsp3) is 0.583. The molecule has 1 spiro atoms. The predicted molar refractivity (Wildman–Crippen MR) is 121 cm³/mol. The summed E-state index contributed by atoms with van der Waals surface area (Å²) in [6.45, 7) is 8.51. The van der Waals surface area contributed by atoms with E-state index in [9.17, 15) is 9.59 Å². The largest absolute Gasteiger partial charge is 0.481 e. The van der Waals surface area contributed by atoms with Crippen LogP contribution in [0.4, 0.5) is 0 Å². The van der Waals surface area contributed by atoms with Crippen molar-refractivity contribution in [3.05, 3.63) is 40.2 Å². The molecule has 0 bridgehead atoms. The number of benzene rings is 1. The molecule has 1 unspecified atom stereocenters. The summed E-state index contributed by atoms with van der Waals surface area (Å²) in [6.07, 6.45) is 2.11. The van der Waals surface area contributed by atoms with E-state index in [0.717, 1.165) is 62.9 Å². The maximum atomic E-state index is 13.0. The first kappa shape index (κ1) is 21.8. The zero-order valence-electron chi connectivity index (χ0n) is 19.0. The van der Waals surface area contributed by atoms with E-state index >= 15 is 0 Å². The Morgan fingerprint density at radius 2 is 1.90 bits per heavy atom. The number of piperidine rings is 1. The van der Waals surface area contributed by atoms with Crippen LogP contribution in [0.15, 0.2) is 33.5 Å². The molecular formula is C24H33N3O4. The van der Waals surface area contributed by atoms with E-state index in [-0.39, 0.29) is 17.1 Å². The Morgan fingerprint density at radius 1 is 1.16 bits per heavy atom. The lowest BCUT2D eigenvalue weighted by atomic mass is 9.83. The lowest BCUT2D eigenvalue weighted by molar-refractivity contribution is -0.141. The average molecular weight is 428 g/mol. The third-order valence-corrected chi connectivity index (χ3v) is 7.04. The predicted octanol–water partition coefficient (Wildman–Crippen LogP) is 2.36. The van der Waals surface area contributed by atoms with E-state index in [1.807, 2.05) is 24.0 Å². The molecule has 1 aromatic heterocycles. The van der Waals surface area contributed by atoms with Gasteiger partial charge >= 0.3 is 5.63 Å². The smallest absolute Gasteiger partial charge is 0.336 e. The van der Waals surface area contributed by atoms with E-state index < -0.39 is 6.10 Å². The molecule has 0 aliphatic carbocycles. The van der Waals surface area contributed by atoms with Gasteiger partial charge in [-0.25, -0.2) is 4.79 Å². The maximum Gasteiger partial charge on any atom is 0.336 e. The number of hydrogen-bond donors (Lipinski definition) is 0.